The van der Waals surface area contributed by atoms with Crippen molar-refractivity contribution < 1.29 is 15.0 Å². The molecular formula is C9H17NO3S. The van der Waals surface area contributed by atoms with Crippen molar-refractivity contribution in [1.29, 1.82) is 0 Å². The van der Waals surface area contributed by atoms with Gasteiger partial charge in [-0.3, -0.25) is 4.79 Å². The molecule has 0 aromatic carbocycles. The average Bonchev–Trinajstić information content (AvgIpc) is 2.94. The summed E-state index contributed by atoms with van der Waals surface area (Å²) in [7, 11) is 0. The molecule has 0 aromatic heterocycles. The Morgan fingerprint density at radius 1 is 1.64 bits per heavy atom. The lowest BCUT2D eigenvalue weighted by Crippen LogP contribution is -2.40. The Balaban J connectivity index is 2.23. The third kappa shape index (κ3) is 4.30. The van der Waals surface area contributed by atoms with Gasteiger partial charge in [-0.2, -0.15) is 11.8 Å². The SMILES string of the molecule is CC(CO)SCC(NC1CC1)C(=O)O. The number of aliphatic hydroxyl groups is 1. The Morgan fingerprint density at radius 2 is 2.29 bits per heavy atom. The molecule has 0 radical (unpaired) electrons. The maximum Gasteiger partial charge on any atom is 0.321 e. The van der Waals surface area contributed by atoms with Gasteiger partial charge in [0.2, 0.25) is 0 Å². The number of aliphatic carboxylic acids is 1. The zero-order valence-electron chi connectivity index (χ0n) is 8.27. The molecule has 0 saturated heterocycles. The van der Waals surface area contributed by atoms with E-state index in [1.807, 2.05) is 6.92 Å². The van der Waals surface area contributed by atoms with Gasteiger partial charge in [-0.1, -0.05) is 6.92 Å². The van der Waals surface area contributed by atoms with E-state index in [9.17, 15) is 4.79 Å². The Bertz CT molecular complexity index is 196. The highest BCUT2D eigenvalue weighted by atomic mass is 32.2. The number of carboxylic acid groups (broad SMARTS) is 1. The fraction of sp³-hybridized carbons (Fsp3) is 0.889. The quantitative estimate of drug-likeness (QED) is 0.575. The third-order valence-corrected chi connectivity index (χ3v) is 3.36. The summed E-state index contributed by atoms with van der Waals surface area (Å²) in [5.74, 6) is -0.275. The summed E-state index contributed by atoms with van der Waals surface area (Å²) in [6.07, 6.45) is 2.17. The molecule has 5 heteroatoms. The largest absolute Gasteiger partial charge is 0.480 e. The molecule has 1 fully saturated rings. The second-order valence-corrected chi connectivity index (χ2v) is 5.13. The molecule has 1 rings (SSSR count). The first-order chi connectivity index (χ1) is 6.63. The van der Waals surface area contributed by atoms with Gasteiger partial charge in [0.1, 0.15) is 6.04 Å². The van der Waals surface area contributed by atoms with Gasteiger partial charge in [0, 0.05) is 17.0 Å². The van der Waals surface area contributed by atoms with Crippen LogP contribution in [0.15, 0.2) is 0 Å². The van der Waals surface area contributed by atoms with Crippen LogP contribution < -0.4 is 5.32 Å². The molecule has 2 unspecified atom stereocenters. The van der Waals surface area contributed by atoms with Crippen LogP contribution in [0, 0.1) is 0 Å². The van der Waals surface area contributed by atoms with Gasteiger partial charge < -0.3 is 15.5 Å². The number of hydrogen-bond acceptors (Lipinski definition) is 4. The smallest absolute Gasteiger partial charge is 0.321 e. The second-order valence-electron chi connectivity index (χ2n) is 3.66. The number of thioether (sulfide) groups is 1. The summed E-state index contributed by atoms with van der Waals surface area (Å²) < 4.78 is 0. The van der Waals surface area contributed by atoms with Crippen molar-refractivity contribution >= 4 is 17.7 Å². The minimum atomic E-state index is -0.797. The van der Waals surface area contributed by atoms with Crippen LogP contribution in [0.4, 0.5) is 0 Å². The second kappa shape index (κ2) is 5.58. The Labute approximate surface area is 88.1 Å². The van der Waals surface area contributed by atoms with E-state index in [0.29, 0.717) is 11.8 Å². The van der Waals surface area contributed by atoms with E-state index >= 15 is 0 Å². The van der Waals surface area contributed by atoms with Crippen molar-refractivity contribution in [1.82, 2.24) is 5.32 Å². The van der Waals surface area contributed by atoms with Crippen molar-refractivity contribution in [3.8, 4) is 0 Å². The first-order valence-corrected chi connectivity index (χ1v) is 5.89. The van der Waals surface area contributed by atoms with Crippen LogP contribution in [-0.4, -0.2) is 45.9 Å². The standard InChI is InChI=1S/C9H17NO3S/c1-6(4-11)14-5-8(9(12)13)10-7-2-3-7/h6-8,10-11H,2-5H2,1H3,(H,12,13). The number of rotatable bonds is 7. The minimum Gasteiger partial charge on any atom is -0.480 e. The van der Waals surface area contributed by atoms with E-state index in [-0.39, 0.29) is 11.9 Å². The first-order valence-electron chi connectivity index (χ1n) is 4.84. The molecule has 4 nitrogen and oxygen atoms in total. The molecule has 0 spiro atoms. The van der Waals surface area contributed by atoms with Crippen molar-refractivity contribution in [2.45, 2.75) is 37.1 Å². The third-order valence-electron chi connectivity index (χ3n) is 2.12. The van der Waals surface area contributed by atoms with Crippen LogP contribution in [0.2, 0.25) is 0 Å². The van der Waals surface area contributed by atoms with Crippen molar-refractivity contribution in [2.24, 2.45) is 0 Å². The normalized spacial score (nSPS) is 20.4. The van der Waals surface area contributed by atoms with Crippen LogP contribution in [0.1, 0.15) is 19.8 Å². The zero-order valence-corrected chi connectivity index (χ0v) is 9.09. The van der Waals surface area contributed by atoms with E-state index in [1.165, 1.54) is 11.8 Å². The van der Waals surface area contributed by atoms with Gasteiger partial charge in [-0.05, 0) is 12.8 Å². The Morgan fingerprint density at radius 3 is 2.71 bits per heavy atom. The number of hydrogen-bond donors (Lipinski definition) is 3. The number of aliphatic hydroxyl groups excluding tert-OH is 1. The molecule has 3 N–H and O–H groups in total. The van der Waals surface area contributed by atoms with Gasteiger partial charge in [0.25, 0.3) is 0 Å². The van der Waals surface area contributed by atoms with Crippen molar-refractivity contribution in [3.05, 3.63) is 0 Å². The van der Waals surface area contributed by atoms with Crippen LogP contribution in [0.25, 0.3) is 0 Å². The lowest BCUT2D eigenvalue weighted by atomic mass is 10.3. The summed E-state index contributed by atoms with van der Waals surface area (Å²) in [4.78, 5) is 10.8. The molecule has 1 aliphatic rings. The highest BCUT2D eigenvalue weighted by Gasteiger charge is 2.28. The molecular weight excluding hydrogens is 202 g/mol. The number of nitrogens with one attached hydrogen (secondary N) is 1. The first kappa shape index (κ1) is 11.8. The van der Waals surface area contributed by atoms with Crippen LogP contribution in [0.3, 0.4) is 0 Å². The monoisotopic (exact) mass is 219 g/mol. The molecule has 0 aromatic rings. The molecule has 82 valence electrons. The molecule has 0 aliphatic heterocycles. The summed E-state index contributed by atoms with van der Waals surface area (Å²) >= 11 is 1.49. The van der Waals surface area contributed by atoms with Gasteiger partial charge in [0.05, 0.1) is 6.61 Å². The van der Waals surface area contributed by atoms with Gasteiger partial charge in [-0.25, -0.2) is 0 Å². The van der Waals surface area contributed by atoms with Gasteiger partial charge in [0.15, 0.2) is 0 Å². The van der Waals surface area contributed by atoms with E-state index in [4.69, 9.17) is 10.2 Å². The fourth-order valence-electron chi connectivity index (χ4n) is 1.04. The van der Waals surface area contributed by atoms with Crippen LogP contribution in [0.5, 0.6) is 0 Å². The Kier molecular flexibility index (Phi) is 4.71. The highest BCUT2D eigenvalue weighted by molar-refractivity contribution is 7.99. The number of carboxylic acids is 1. The molecule has 1 aliphatic carbocycles. The molecule has 0 heterocycles. The lowest BCUT2D eigenvalue weighted by molar-refractivity contribution is -0.138. The minimum absolute atomic E-state index is 0.0977. The predicted molar refractivity (Wildman–Crippen MR) is 56.6 cm³/mol. The summed E-state index contributed by atoms with van der Waals surface area (Å²) in [6, 6.07) is -0.0670. The molecule has 0 amide bonds. The van der Waals surface area contributed by atoms with Gasteiger partial charge in [-0.15, -0.1) is 0 Å². The van der Waals surface area contributed by atoms with Crippen molar-refractivity contribution in [3.63, 3.8) is 0 Å². The predicted octanol–water partition coefficient (Wildman–Crippen LogP) is 0.306. The molecule has 14 heavy (non-hydrogen) atoms. The lowest BCUT2D eigenvalue weighted by Gasteiger charge is -2.15. The van der Waals surface area contributed by atoms with Crippen LogP contribution in [-0.2, 0) is 4.79 Å². The maximum absolute atomic E-state index is 10.8. The highest BCUT2D eigenvalue weighted by Crippen LogP contribution is 2.21. The summed E-state index contributed by atoms with van der Waals surface area (Å²) in [5, 5.41) is 20.9. The van der Waals surface area contributed by atoms with Crippen molar-refractivity contribution in [2.75, 3.05) is 12.4 Å². The van der Waals surface area contributed by atoms with E-state index in [0.717, 1.165) is 12.8 Å². The van der Waals surface area contributed by atoms with E-state index in [1.54, 1.807) is 0 Å². The fourth-order valence-corrected chi connectivity index (χ4v) is 1.90. The Hall–Kier alpha value is -0.260. The summed E-state index contributed by atoms with van der Waals surface area (Å²) in [5.41, 5.74) is 0. The average molecular weight is 219 g/mol. The summed E-state index contributed by atoms with van der Waals surface area (Å²) in [6.45, 7) is 1.99. The molecule has 0 bridgehead atoms. The van der Waals surface area contributed by atoms with E-state index in [2.05, 4.69) is 5.32 Å². The maximum atomic E-state index is 10.8. The number of carbonyl (C=O) groups is 1. The van der Waals surface area contributed by atoms with E-state index < -0.39 is 12.0 Å². The molecule has 2 atom stereocenters. The molecule has 1 saturated carbocycles. The zero-order chi connectivity index (χ0) is 10.6. The van der Waals surface area contributed by atoms with Crippen LogP contribution >= 0.6 is 11.8 Å². The topological polar surface area (TPSA) is 69.6 Å². The van der Waals surface area contributed by atoms with Gasteiger partial charge >= 0.3 is 5.97 Å².